The smallest absolute Gasteiger partial charge is 0.276 e. The van der Waals surface area contributed by atoms with E-state index in [0.717, 1.165) is 36.2 Å². The van der Waals surface area contributed by atoms with Crippen molar-refractivity contribution in [1.29, 1.82) is 0 Å². The van der Waals surface area contributed by atoms with E-state index in [-0.39, 0.29) is 5.91 Å². The molecule has 0 spiro atoms. The van der Waals surface area contributed by atoms with Crippen LogP contribution >= 0.6 is 23.2 Å². The Hall–Kier alpha value is -2.04. The molecule has 2 bridgehead atoms. The van der Waals surface area contributed by atoms with Gasteiger partial charge in [0.2, 0.25) is 0 Å². The molecule has 1 amide bonds. The van der Waals surface area contributed by atoms with Crippen LogP contribution in [0.2, 0.25) is 0 Å². The standard InChI is InChI=1S/C21H19Cl2N3O/c22-15-8-10-21(23,11-9-15)26-19-14-7-6-13(12-14)17(19)18(25-26)20(27)24-16-4-2-1-3-5-16/h1-5,8-10,13-14H,6-7,11-12H2,(H,24,27). The van der Waals surface area contributed by atoms with E-state index in [9.17, 15) is 4.79 Å². The molecule has 3 aliphatic carbocycles. The van der Waals surface area contributed by atoms with Crippen molar-refractivity contribution in [2.75, 3.05) is 5.32 Å². The zero-order valence-electron chi connectivity index (χ0n) is 14.7. The van der Waals surface area contributed by atoms with E-state index >= 15 is 0 Å². The molecule has 5 rings (SSSR count). The Morgan fingerprint density at radius 2 is 2.00 bits per heavy atom. The van der Waals surface area contributed by atoms with E-state index in [1.807, 2.05) is 53.2 Å². The summed E-state index contributed by atoms with van der Waals surface area (Å²) in [6.07, 6.45) is 9.49. The number of nitrogens with zero attached hydrogens (tertiary/aromatic N) is 2. The van der Waals surface area contributed by atoms with Crippen molar-refractivity contribution in [1.82, 2.24) is 9.78 Å². The quantitative estimate of drug-likeness (QED) is 0.694. The predicted octanol–water partition coefficient (Wildman–Crippen LogP) is 5.47. The molecule has 1 aromatic heterocycles. The first-order valence-corrected chi connectivity index (χ1v) is 10.0. The van der Waals surface area contributed by atoms with Gasteiger partial charge in [0.1, 0.15) is 0 Å². The molecule has 2 aromatic rings. The number of rotatable bonds is 3. The molecule has 1 aromatic carbocycles. The first-order valence-electron chi connectivity index (χ1n) is 9.29. The number of halogens is 2. The van der Waals surface area contributed by atoms with Crippen LogP contribution in [-0.2, 0) is 5.00 Å². The summed E-state index contributed by atoms with van der Waals surface area (Å²) < 4.78 is 1.88. The number of carbonyl (C=O) groups is 1. The predicted molar refractivity (Wildman–Crippen MR) is 107 cm³/mol. The van der Waals surface area contributed by atoms with Gasteiger partial charge in [0.15, 0.2) is 10.7 Å². The van der Waals surface area contributed by atoms with Gasteiger partial charge in [0, 0.05) is 34.3 Å². The molecule has 1 fully saturated rings. The average Bonchev–Trinajstić information content (AvgIpc) is 3.37. The molecule has 138 valence electrons. The normalized spacial score (nSPS) is 28.1. The molecule has 3 aliphatic rings. The summed E-state index contributed by atoms with van der Waals surface area (Å²) >= 11 is 13.0. The maximum absolute atomic E-state index is 13.0. The Bertz CT molecular complexity index is 979. The fourth-order valence-electron chi connectivity index (χ4n) is 4.63. The summed E-state index contributed by atoms with van der Waals surface area (Å²) in [6.45, 7) is 0. The van der Waals surface area contributed by atoms with Crippen molar-refractivity contribution >= 4 is 34.8 Å². The molecule has 4 nitrogen and oxygen atoms in total. The van der Waals surface area contributed by atoms with Gasteiger partial charge in [-0.3, -0.25) is 4.79 Å². The van der Waals surface area contributed by atoms with Gasteiger partial charge < -0.3 is 5.32 Å². The fraction of sp³-hybridized carbons (Fsp3) is 0.333. The molecule has 27 heavy (non-hydrogen) atoms. The third-order valence-electron chi connectivity index (χ3n) is 5.87. The summed E-state index contributed by atoms with van der Waals surface area (Å²) in [5.74, 6) is 0.667. The highest BCUT2D eigenvalue weighted by Gasteiger charge is 2.47. The molecule has 1 saturated carbocycles. The molecule has 0 aliphatic heterocycles. The zero-order valence-corrected chi connectivity index (χ0v) is 16.2. The number of para-hydroxylation sites is 1. The number of nitrogens with one attached hydrogen (secondary N) is 1. The van der Waals surface area contributed by atoms with E-state index in [1.54, 1.807) is 0 Å². The number of hydrogen-bond donors (Lipinski definition) is 1. The van der Waals surface area contributed by atoms with E-state index in [2.05, 4.69) is 5.32 Å². The molecule has 1 N–H and O–H groups in total. The van der Waals surface area contributed by atoms with Crippen molar-refractivity contribution in [3.63, 3.8) is 0 Å². The second-order valence-corrected chi connectivity index (χ2v) is 8.62. The third-order valence-corrected chi connectivity index (χ3v) is 6.59. The van der Waals surface area contributed by atoms with Crippen molar-refractivity contribution in [3.8, 4) is 0 Å². The third kappa shape index (κ3) is 2.74. The SMILES string of the molecule is O=C(Nc1ccccc1)c1nn(C2(Cl)C=CC(Cl)=CC2)c2c1C1CCC2C1. The highest BCUT2D eigenvalue weighted by Crippen LogP contribution is 2.55. The van der Waals surface area contributed by atoms with Crippen LogP contribution in [0.15, 0.2) is 53.6 Å². The summed E-state index contributed by atoms with van der Waals surface area (Å²) in [7, 11) is 0. The van der Waals surface area contributed by atoms with Crippen LogP contribution in [0.5, 0.6) is 0 Å². The maximum atomic E-state index is 13.0. The number of hydrogen-bond acceptors (Lipinski definition) is 2. The summed E-state index contributed by atoms with van der Waals surface area (Å²) in [5.41, 5.74) is 3.50. The van der Waals surface area contributed by atoms with Gasteiger partial charge in [0.25, 0.3) is 5.91 Å². The molecule has 1 heterocycles. The van der Waals surface area contributed by atoms with Crippen molar-refractivity contribution in [2.45, 2.75) is 42.5 Å². The van der Waals surface area contributed by atoms with Gasteiger partial charge >= 0.3 is 0 Å². The molecule has 0 radical (unpaired) electrons. The Kier molecular flexibility index (Phi) is 3.95. The Morgan fingerprint density at radius 1 is 1.22 bits per heavy atom. The minimum Gasteiger partial charge on any atom is -0.321 e. The van der Waals surface area contributed by atoms with Crippen LogP contribution in [0.3, 0.4) is 0 Å². The summed E-state index contributed by atoms with van der Waals surface area (Å²) in [6, 6.07) is 9.48. The molecule has 6 heteroatoms. The molecular formula is C21H19Cl2N3O. The largest absolute Gasteiger partial charge is 0.321 e. The molecular weight excluding hydrogens is 381 g/mol. The van der Waals surface area contributed by atoms with E-state index < -0.39 is 5.00 Å². The number of alkyl halides is 1. The van der Waals surface area contributed by atoms with E-state index in [0.29, 0.717) is 29.0 Å². The second kappa shape index (κ2) is 6.25. The number of fused-ring (bicyclic) bond motifs is 5. The van der Waals surface area contributed by atoms with E-state index in [1.165, 1.54) is 0 Å². The lowest BCUT2D eigenvalue weighted by atomic mass is 9.94. The summed E-state index contributed by atoms with van der Waals surface area (Å²) in [5, 5.41) is 8.39. The van der Waals surface area contributed by atoms with Crippen molar-refractivity contribution < 1.29 is 4.79 Å². The van der Waals surface area contributed by atoms with Crippen LogP contribution in [0, 0.1) is 0 Å². The second-order valence-electron chi connectivity index (χ2n) is 7.53. The Morgan fingerprint density at radius 3 is 2.74 bits per heavy atom. The zero-order chi connectivity index (χ0) is 18.6. The Labute approximate surface area is 167 Å². The minimum absolute atomic E-state index is 0.169. The molecule has 0 saturated heterocycles. The first-order chi connectivity index (χ1) is 13.0. The van der Waals surface area contributed by atoms with Gasteiger partial charge in [-0.05, 0) is 49.5 Å². The molecule has 3 atom stereocenters. The minimum atomic E-state index is -0.807. The van der Waals surface area contributed by atoms with Crippen molar-refractivity contribution in [2.24, 2.45) is 0 Å². The number of allylic oxidation sites excluding steroid dienone is 4. The van der Waals surface area contributed by atoms with Crippen LogP contribution in [-0.4, -0.2) is 15.7 Å². The lowest BCUT2D eigenvalue weighted by molar-refractivity contribution is 0.102. The van der Waals surface area contributed by atoms with Crippen LogP contribution in [0.4, 0.5) is 5.69 Å². The first kappa shape index (κ1) is 17.1. The number of benzene rings is 1. The number of carbonyl (C=O) groups excluding carboxylic acids is 1. The topological polar surface area (TPSA) is 46.9 Å². The lowest BCUT2D eigenvalue weighted by Crippen LogP contribution is -2.29. The van der Waals surface area contributed by atoms with Crippen molar-refractivity contribution in [3.05, 3.63) is 70.5 Å². The highest BCUT2D eigenvalue weighted by atomic mass is 35.5. The van der Waals surface area contributed by atoms with Crippen LogP contribution in [0.25, 0.3) is 0 Å². The lowest BCUT2D eigenvalue weighted by Gasteiger charge is -2.28. The Balaban J connectivity index is 1.57. The monoisotopic (exact) mass is 399 g/mol. The van der Waals surface area contributed by atoms with Gasteiger partial charge in [-0.15, -0.1) is 0 Å². The number of aromatic nitrogens is 2. The molecule has 3 unspecified atom stereocenters. The summed E-state index contributed by atoms with van der Waals surface area (Å²) in [4.78, 5) is 12.2. The highest BCUT2D eigenvalue weighted by molar-refractivity contribution is 6.32. The van der Waals surface area contributed by atoms with Gasteiger partial charge in [-0.1, -0.05) is 47.5 Å². The van der Waals surface area contributed by atoms with Crippen LogP contribution < -0.4 is 5.32 Å². The van der Waals surface area contributed by atoms with Crippen LogP contribution in [0.1, 0.15) is 59.3 Å². The van der Waals surface area contributed by atoms with Gasteiger partial charge in [-0.2, -0.15) is 5.10 Å². The van der Waals surface area contributed by atoms with Gasteiger partial charge in [0.05, 0.1) is 0 Å². The number of anilines is 1. The maximum Gasteiger partial charge on any atom is 0.276 e. The number of amides is 1. The fourth-order valence-corrected chi connectivity index (χ4v) is 5.04. The van der Waals surface area contributed by atoms with E-state index in [4.69, 9.17) is 28.3 Å². The van der Waals surface area contributed by atoms with Gasteiger partial charge in [-0.25, -0.2) is 4.68 Å². The average molecular weight is 400 g/mol.